The Morgan fingerprint density at radius 3 is 1.84 bits per heavy atom. The van der Waals surface area contributed by atoms with Crippen LogP contribution in [0.3, 0.4) is 0 Å². The van der Waals surface area contributed by atoms with Crippen LogP contribution >= 0.6 is 0 Å². The Balaban J connectivity index is 1.46. The van der Waals surface area contributed by atoms with E-state index in [2.05, 4.69) is 6.58 Å². The Morgan fingerprint density at radius 2 is 1.31 bits per heavy atom. The van der Waals surface area contributed by atoms with Crippen LogP contribution in [0.2, 0.25) is 0 Å². The highest BCUT2D eigenvalue weighted by atomic mass is 32.2. The molecule has 1 aliphatic rings. The largest absolute Gasteiger partial charge is 0.452 e. The molecule has 45 heavy (non-hydrogen) atoms. The number of ether oxygens (including phenoxy) is 3. The van der Waals surface area contributed by atoms with Crippen molar-refractivity contribution in [3.05, 3.63) is 150 Å². The maximum absolute atomic E-state index is 14.0. The van der Waals surface area contributed by atoms with E-state index in [1.807, 2.05) is 73.7 Å². The first-order chi connectivity index (χ1) is 21.8. The van der Waals surface area contributed by atoms with Crippen molar-refractivity contribution in [2.75, 3.05) is 19.8 Å². The first kappa shape index (κ1) is 32.2. The number of hydrogen-bond donors (Lipinski definition) is 0. The molecule has 1 atom stereocenters. The molecule has 0 spiro atoms. The van der Waals surface area contributed by atoms with Gasteiger partial charge in [-0.3, -0.25) is 4.31 Å². The van der Waals surface area contributed by atoms with Crippen molar-refractivity contribution in [2.24, 2.45) is 5.41 Å². The predicted octanol–water partition coefficient (Wildman–Crippen LogP) is 6.94. The van der Waals surface area contributed by atoms with Crippen LogP contribution in [0.5, 0.6) is 0 Å². The van der Waals surface area contributed by atoms with Crippen molar-refractivity contribution in [3.8, 4) is 0 Å². The third-order valence-corrected chi connectivity index (χ3v) is 9.93. The SMILES string of the molecule is C=C1C(OC(=O)c2ccccc2)CC(COCc2ccccc2)(COCc2ccccc2)CCN1S(=O)(=O)c1ccc(C)cc1. The molecule has 0 aliphatic carbocycles. The lowest BCUT2D eigenvalue weighted by Crippen LogP contribution is -2.37. The lowest BCUT2D eigenvalue weighted by molar-refractivity contribution is -0.0553. The first-order valence-corrected chi connectivity index (χ1v) is 16.5. The van der Waals surface area contributed by atoms with Crippen LogP contribution in [-0.2, 0) is 37.4 Å². The van der Waals surface area contributed by atoms with Gasteiger partial charge in [0.1, 0.15) is 6.10 Å². The summed E-state index contributed by atoms with van der Waals surface area (Å²) in [6.07, 6.45) is -0.269. The molecule has 1 saturated heterocycles. The van der Waals surface area contributed by atoms with Gasteiger partial charge in [0.2, 0.25) is 0 Å². The smallest absolute Gasteiger partial charge is 0.338 e. The number of hydrogen-bond acceptors (Lipinski definition) is 6. The van der Waals surface area contributed by atoms with Crippen LogP contribution in [0.15, 0.2) is 132 Å². The van der Waals surface area contributed by atoms with E-state index in [0.29, 0.717) is 25.2 Å². The zero-order chi connectivity index (χ0) is 31.7. The van der Waals surface area contributed by atoms with E-state index >= 15 is 0 Å². The quantitative estimate of drug-likeness (QED) is 0.159. The molecule has 7 nitrogen and oxygen atoms in total. The highest BCUT2D eigenvalue weighted by molar-refractivity contribution is 7.89. The fraction of sp³-hybridized carbons (Fsp3) is 0.270. The Morgan fingerprint density at radius 1 is 0.800 bits per heavy atom. The summed E-state index contributed by atoms with van der Waals surface area (Å²) in [6.45, 7) is 7.51. The summed E-state index contributed by atoms with van der Waals surface area (Å²) in [6, 6.07) is 35.1. The molecule has 234 valence electrons. The van der Waals surface area contributed by atoms with Crippen molar-refractivity contribution < 1.29 is 27.4 Å². The standard InChI is InChI=1S/C37H39NO6S/c1-29-18-20-34(21-19-29)45(40,41)38-23-22-37(27-42-25-31-12-6-3-7-13-31,28-43-26-32-14-8-4-9-15-32)24-35(30(38)2)44-36(39)33-16-10-5-11-17-33/h3-21,35H,2,22-28H2,1H3. The zero-order valence-electron chi connectivity index (χ0n) is 25.5. The van der Waals surface area contributed by atoms with Gasteiger partial charge in [-0.25, -0.2) is 13.2 Å². The number of carbonyl (C=O) groups excluding carboxylic acids is 1. The molecule has 5 rings (SSSR count). The average molecular weight is 626 g/mol. The molecule has 8 heteroatoms. The Kier molecular flexibility index (Phi) is 10.5. The van der Waals surface area contributed by atoms with Crippen LogP contribution in [0.4, 0.5) is 0 Å². The molecule has 1 heterocycles. The van der Waals surface area contributed by atoms with Crippen molar-refractivity contribution in [1.29, 1.82) is 0 Å². The average Bonchev–Trinajstić information content (AvgIpc) is 3.19. The van der Waals surface area contributed by atoms with Crippen LogP contribution in [0.1, 0.15) is 39.9 Å². The number of carbonyl (C=O) groups is 1. The van der Waals surface area contributed by atoms with E-state index in [9.17, 15) is 13.2 Å². The van der Waals surface area contributed by atoms with Crippen molar-refractivity contribution >= 4 is 16.0 Å². The number of benzene rings is 4. The molecular formula is C37H39NO6S. The van der Waals surface area contributed by atoms with E-state index in [-0.39, 0.29) is 36.8 Å². The van der Waals surface area contributed by atoms with Gasteiger partial charge in [-0.15, -0.1) is 0 Å². The van der Waals surface area contributed by atoms with Crippen LogP contribution in [-0.4, -0.2) is 44.6 Å². The fourth-order valence-electron chi connectivity index (χ4n) is 5.47. The molecule has 0 amide bonds. The van der Waals surface area contributed by atoms with E-state index in [1.54, 1.807) is 48.5 Å². The minimum absolute atomic E-state index is 0.123. The fourth-order valence-corrected chi connectivity index (χ4v) is 6.96. The molecule has 4 aromatic carbocycles. The van der Waals surface area contributed by atoms with Gasteiger partial charge < -0.3 is 14.2 Å². The number of nitrogens with zero attached hydrogens (tertiary/aromatic N) is 1. The molecule has 1 aliphatic heterocycles. The van der Waals surface area contributed by atoms with Gasteiger partial charge in [-0.05, 0) is 48.7 Å². The third-order valence-electron chi connectivity index (χ3n) is 8.06. The topological polar surface area (TPSA) is 82.1 Å². The summed E-state index contributed by atoms with van der Waals surface area (Å²) in [7, 11) is -4.00. The van der Waals surface area contributed by atoms with E-state index in [0.717, 1.165) is 16.7 Å². The van der Waals surface area contributed by atoms with Crippen LogP contribution in [0.25, 0.3) is 0 Å². The van der Waals surface area contributed by atoms with Crippen molar-refractivity contribution in [3.63, 3.8) is 0 Å². The molecule has 1 fully saturated rings. The van der Waals surface area contributed by atoms with Crippen LogP contribution < -0.4 is 0 Å². The molecule has 0 saturated carbocycles. The van der Waals surface area contributed by atoms with Crippen LogP contribution in [0, 0.1) is 12.3 Å². The van der Waals surface area contributed by atoms with Gasteiger partial charge in [0.25, 0.3) is 10.0 Å². The minimum Gasteiger partial charge on any atom is -0.452 e. The monoisotopic (exact) mass is 625 g/mol. The summed E-state index contributed by atoms with van der Waals surface area (Å²) < 4.78 is 48.0. The summed E-state index contributed by atoms with van der Waals surface area (Å²) in [4.78, 5) is 13.5. The van der Waals surface area contributed by atoms with E-state index in [1.165, 1.54) is 4.31 Å². The lowest BCUT2D eigenvalue weighted by Gasteiger charge is -2.34. The molecule has 0 aromatic heterocycles. The van der Waals surface area contributed by atoms with Gasteiger partial charge in [-0.2, -0.15) is 0 Å². The van der Waals surface area contributed by atoms with Gasteiger partial charge >= 0.3 is 5.97 Å². The molecule has 1 unspecified atom stereocenters. The Hall–Kier alpha value is -4.24. The van der Waals surface area contributed by atoms with Gasteiger partial charge in [-0.1, -0.05) is 103 Å². The molecule has 0 bridgehead atoms. The number of sulfonamides is 1. The summed E-state index contributed by atoms with van der Waals surface area (Å²) in [5, 5.41) is 0. The highest BCUT2D eigenvalue weighted by Crippen LogP contribution is 2.40. The minimum atomic E-state index is -4.00. The van der Waals surface area contributed by atoms with Crippen molar-refractivity contribution in [1.82, 2.24) is 4.31 Å². The summed E-state index contributed by atoms with van der Waals surface area (Å²) >= 11 is 0. The van der Waals surface area contributed by atoms with Gasteiger partial charge in [0, 0.05) is 18.4 Å². The second-order valence-corrected chi connectivity index (χ2v) is 13.4. The third kappa shape index (κ3) is 8.28. The lowest BCUT2D eigenvalue weighted by atomic mass is 9.81. The number of rotatable bonds is 12. The predicted molar refractivity (Wildman–Crippen MR) is 174 cm³/mol. The van der Waals surface area contributed by atoms with Gasteiger partial charge in [0.15, 0.2) is 0 Å². The number of aryl methyl sites for hydroxylation is 1. The Labute approximate surface area is 266 Å². The molecular weight excluding hydrogens is 586 g/mol. The second-order valence-electron chi connectivity index (χ2n) is 11.6. The van der Waals surface area contributed by atoms with Gasteiger partial charge in [0.05, 0.1) is 42.6 Å². The summed E-state index contributed by atoms with van der Waals surface area (Å²) in [5.74, 6) is -0.555. The van der Waals surface area contributed by atoms with Crippen molar-refractivity contribution in [2.45, 2.75) is 44.0 Å². The Bertz CT molecular complexity index is 1610. The maximum Gasteiger partial charge on any atom is 0.338 e. The normalized spacial score (nSPS) is 16.6. The first-order valence-electron chi connectivity index (χ1n) is 15.0. The molecule has 0 N–H and O–H groups in total. The highest BCUT2D eigenvalue weighted by Gasteiger charge is 2.44. The maximum atomic E-state index is 14.0. The van der Waals surface area contributed by atoms with E-state index in [4.69, 9.17) is 14.2 Å². The molecule has 0 radical (unpaired) electrons. The second kappa shape index (κ2) is 14.7. The zero-order valence-corrected chi connectivity index (χ0v) is 26.3. The van der Waals surface area contributed by atoms with E-state index < -0.39 is 27.5 Å². The molecule has 4 aromatic rings. The summed E-state index contributed by atoms with van der Waals surface area (Å²) in [5.41, 5.74) is 2.87. The number of esters is 1.